The summed E-state index contributed by atoms with van der Waals surface area (Å²) in [5.41, 5.74) is 0.873. The van der Waals surface area contributed by atoms with Crippen LogP contribution in [0.4, 0.5) is 5.69 Å². The molecule has 0 unspecified atom stereocenters. The van der Waals surface area contributed by atoms with Crippen LogP contribution in [0.3, 0.4) is 0 Å². The minimum atomic E-state index is -0.301. The van der Waals surface area contributed by atoms with E-state index in [-0.39, 0.29) is 5.63 Å². The molecular weight excluding hydrogens is 242 g/mol. The number of ether oxygens (including phenoxy) is 1. The fourth-order valence-electron chi connectivity index (χ4n) is 2.12. The quantitative estimate of drug-likeness (QED) is 0.776. The third kappa shape index (κ3) is 2.72. The van der Waals surface area contributed by atoms with Gasteiger partial charge in [-0.1, -0.05) is 0 Å². The SMILES string of the molecule is CCOc1ccc2cc(N(CC)CC)c(=O)oc2c1. The molecule has 19 heavy (non-hydrogen) atoms. The zero-order valence-electron chi connectivity index (χ0n) is 11.6. The molecule has 1 aromatic carbocycles. The maximum Gasteiger partial charge on any atom is 0.360 e. The molecule has 2 rings (SSSR count). The van der Waals surface area contributed by atoms with Crippen molar-refractivity contribution < 1.29 is 9.15 Å². The lowest BCUT2D eigenvalue weighted by molar-refractivity contribution is 0.340. The Balaban J connectivity index is 2.52. The second-order valence-electron chi connectivity index (χ2n) is 4.22. The minimum absolute atomic E-state index is 0.301. The van der Waals surface area contributed by atoms with Crippen molar-refractivity contribution >= 4 is 16.7 Å². The molecule has 102 valence electrons. The average Bonchev–Trinajstić information content (AvgIpc) is 2.41. The fraction of sp³-hybridized carbons (Fsp3) is 0.400. The van der Waals surface area contributed by atoms with Crippen LogP contribution in [0.2, 0.25) is 0 Å². The van der Waals surface area contributed by atoms with Crippen molar-refractivity contribution in [2.75, 3.05) is 24.6 Å². The Hall–Kier alpha value is -1.97. The lowest BCUT2D eigenvalue weighted by atomic mass is 10.2. The molecule has 0 saturated carbocycles. The van der Waals surface area contributed by atoms with Crippen LogP contribution in [0.5, 0.6) is 5.75 Å². The van der Waals surface area contributed by atoms with E-state index in [1.807, 2.05) is 43.9 Å². The number of fused-ring (bicyclic) bond motifs is 1. The zero-order chi connectivity index (χ0) is 13.8. The highest BCUT2D eigenvalue weighted by Crippen LogP contribution is 2.23. The van der Waals surface area contributed by atoms with Crippen molar-refractivity contribution in [3.05, 3.63) is 34.7 Å². The first-order valence-corrected chi connectivity index (χ1v) is 6.65. The van der Waals surface area contributed by atoms with Crippen LogP contribution in [-0.2, 0) is 0 Å². The summed E-state index contributed by atoms with van der Waals surface area (Å²) < 4.78 is 10.8. The Kier molecular flexibility index (Phi) is 4.10. The molecule has 0 aliphatic heterocycles. The first-order chi connectivity index (χ1) is 9.19. The number of anilines is 1. The number of hydrogen-bond acceptors (Lipinski definition) is 4. The lowest BCUT2D eigenvalue weighted by Gasteiger charge is -2.19. The van der Waals surface area contributed by atoms with Gasteiger partial charge in [-0.05, 0) is 39.0 Å². The third-order valence-electron chi connectivity index (χ3n) is 3.10. The van der Waals surface area contributed by atoms with Gasteiger partial charge in [0.2, 0.25) is 0 Å². The molecule has 0 spiro atoms. The van der Waals surface area contributed by atoms with Crippen LogP contribution < -0.4 is 15.3 Å². The van der Waals surface area contributed by atoms with Gasteiger partial charge < -0.3 is 14.1 Å². The Morgan fingerprint density at radius 3 is 2.53 bits per heavy atom. The van der Waals surface area contributed by atoms with Gasteiger partial charge in [-0.3, -0.25) is 0 Å². The molecule has 4 heteroatoms. The molecule has 0 aliphatic rings. The molecule has 0 atom stereocenters. The molecule has 0 fully saturated rings. The normalized spacial score (nSPS) is 10.7. The van der Waals surface area contributed by atoms with Gasteiger partial charge in [0, 0.05) is 24.5 Å². The summed E-state index contributed by atoms with van der Waals surface area (Å²) in [5, 5.41) is 0.907. The maximum atomic E-state index is 12.0. The van der Waals surface area contributed by atoms with Crippen molar-refractivity contribution in [3.63, 3.8) is 0 Å². The van der Waals surface area contributed by atoms with Crippen LogP contribution in [-0.4, -0.2) is 19.7 Å². The van der Waals surface area contributed by atoms with Crippen molar-refractivity contribution in [3.8, 4) is 5.75 Å². The van der Waals surface area contributed by atoms with E-state index in [2.05, 4.69) is 0 Å². The van der Waals surface area contributed by atoms with Gasteiger partial charge in [-0.25, -0.2) is 4.79 Å². The van der Waals surface area contributed by atoms with E-state index in [0.717, 1.165) is 18.5 Å². The second kappa shape index (κ2) is 5.78. The van der Waals surface area contributed by atoms with Crippen molar-refractivity contribution in [2.45, 2.75) is 20.8 Å². The highest BCUT2D eigenvalue weighted by atomic mass is 16.5. The van der Waals surface area contributed by atoms with Crippen LogP contribution in [0, 0.1) is 0 Å². The first-order valence-electron chi connectivity index (χ1n) is 6.65. The summed E-state index contributed by atoms with van der Waals surface area (Å²) in [6.45, 7) is 8.11. The lowest BCUT2D eigenvalue weighted by Crippen LogP contribution is -2.27. The molecule has 0 aliphatic carbocycles. The number of rotatable bonds is 5. The van der Waals surface area contributed by atoms with E-state index in [9.17, 15) is 4.79 Å². The van der Waals surface area contributed by atoms with Gasteiger partial charge in [0.1, 0.15) is 17.0 Å². The number of benzene rings is 1. The monoisotopic (exact) mass is 261 g/mol. The fourth-order valence-corrected chi connectivity index (χ4v) is 2.12. The molecule has 0 radical (unpaired) electrons. The molecule has 1 aromatic heterocycles. The molecule has 4 nitrogen and oxygen atoms in total. The summed E-state index contributed by atoms with van der Waals surface area (Å²) >= 11 is 0. The van der Waals surface area contributed by atoms with Crippen molar-refractivity contribution in [2.24, 2.45) is 0 Å². The summed E-state index contributed by atoms with van der Waals surface area (Å²) in [5.74, 6) is 0.716. The highest BCUT2D eigenvalue weighted by molar-refractivity contribution is 5.81. The maximum absolute atomic E-state index is 12.0. The van der Waals surface area contributed by atoms with Crippen LogP contribution >= 0.6 is 0 Å². The van der Waals surface area contributed by atoms with Crippen molar-refractivity contribution in [1.29, 1.82) is 0 Å². The Morgan fingerprint density at radius 2 is 1.89 bits per heavy atom. The predicted octanol–water partition coefficient (Wildman–Crippen LogP) is 3.04. The van der Waals surface area contributed by atoms with Crippen LogP contribution in [0.1, 0.15) is 20.8 Å². The van der Waals surface area contributed by atoms with Crippen LogP contribution in [0.15, 0.2) is 33.5 Å². The second-order valence-corrected chi connectivity index (χ2v) is 4.22. The Bertz CT molecular complexity index is 614. The van der Waals surface area contributed by atoms with Gasteiger partial charge in [0.15, 0.2) is 0 Å². The summed E-state index contributed by atoms with van der Waals surface area (Å²) in [6.07, 6.45) is 0. The van der Waals surface area contributed by atoms with E-state index in [1.165, 1.54) is 0 Å². The molecule has 0 amide bonds. The topological polar surface area (TPSA) is 42.7 Å². The standard InChI is InChI=1S/C15H19NO3/c1-4-16(5-2)13-9-11-7-8-12(18-6-3)10-14(11)19-15(13)17/h7-10H,4-6H2,1-3H3. The van der Waals surface area contributed by atoms with E-state index in [4.69, 9.17) is 9.15 Å². The van der Waals surface area contributed by atoms with Gasteiger partial charge in [-0.15, -0.1) is 0 Å². The third-order valence-corrected chi connectivity index (χ3v) is 3.10. The molecule has 2 aromatic rings. The van der Waals surface area contributed by atoms with Crippen LogP contribution in [0.25, 0.3) is 11.0 Å². The molecular formula is C15H19NO3. The van der Waals surface area contributed by atoms with Gasteiger partial charge in [-0.2, -0.15) is 0 Å². The van der Waals surface area contributed by atoms with Gasteiger partial charge >= 0.3 is 5.63 Å². The van der Waals surface area contributed by atoms with Gasteiger partial charge in [0.25, 0.3) is 0 Å². The molecule has 0 saturated heterocycles. The molecule has 0 bridgehead atoms. The highest BCUT2D eigenvalue weighted by Gasteiger charge is 2.10. The molecule has 0 N–H and O–H groups in total. The van der Waals surface area contributed by atoms with Gasteiger partial charge in [0.05, 0.1) is 6.61 Å². The summed E-state index contributed by atoms with van der Waals surface area (Å²) in [6, 6.07) is 7.43. The molecule has 1 heterocycles. The Labute approximate surface area is 112 Å². The summed E-state index contributed by atoms with van der Waals surface area (Å²) in [7, 11) is 0. The van der Waals surface area contributed by atoms with E-state index in [1.54, 1.807) is 6.07 Å². The summed E-state index contributed by atoms with van der Waals surface area (Å²) in [4.78, 5) is 14.0. The Morgan fingerprint density at radius 1 is 1.16 bits per heavy atom. The van der Waals surface area contributed by atoms with E-state index >= 15 is 0 Å². The zero-order valence-corrected chi connectivity index (χ0v) is 11.6. The largest absolute Gasteiger partial charge is 0.494 e. The predicted molar refractivity (Wildman–Crippen MR) is 77.2 cm³/mol. The average molecular weight is 261 g/mol. The van der Waals surface area contributed by atoms with Crippen molar-refractivity contribution in [1.82, 2.24) is 0 Å². The van der Waals surface area contributed by atoms with E-state index < -0.39 is 0 Å². The first kappa shape index (κ1) is 13.5. The minimum Gasteiger partial charge on any atom is -0.494 e. The number of nitrogens with zero attached hydrogens (tertiary/aromatic N) is 1. The smallest absolute Gasteiger partial charge is 0.360 e. The number of hydrogen-bond donors (Lipinski definition) is 0. The van der Waals surface area contributed by atoms with E-state index in [0.29, 0.717) is 23.6 Å².